The smallest absolute Gasteiger partial charge is 0.135 e. The average molecular weight is 526 g/mol. The van der Waals surface area contributed by atoms with Crippen LogP contribution in [0, 0.1) is 0 Å². The second-order valence-corrected chi connectivity index (χ2v) is 9.82. The molecule has 28 heavy (non-hydrogen) atoms. The van der Waals surface area contributed by atoms with Crippen molar-refractivity contribution in [1.29, 1.82) is 0 Å². The van der Waals surface area contributed by atoms with Crippen LogP contribution >= 0.6 is 45.8 Å². The Hall–Kier alpha value is -1.64. The number of hydrogen-bond donors (Lipinski definition) is 1. The molecule has 8 heteroatoms. The van der Waals surface area contributed by atoms with Gasteiger partial charge in [-0.3, -0.25) is 0 Å². The van der Waals surface area contributed by atoms with Gasteiger partial charge in [0.1, 0.15) is 21.5 Å². The first-order valence-corrected chi connectivity index (χ1v) is 10.7. The first-order valence-electron chi connectivity index (χ1n) is 8.85. The van der Waals surface area contributed by atoms with Crippen molar-refractivity contribution >= 4 is 57.4 Å². The van der Waals surface area contributed by atoms with Crippen molar-refractivity contribution < 1.29 is 0 Å². The van der Waals surface area contributed by atoms with Gasteiger partial charge in [-0.25, -0.2) is 15.0 Å². The van der Waals surface area contributed by atoms with E-state index >= 15 is 0 Å². The summed E-state index contributed by atoms with van der Waals surface area (Å²) in [6.45, 7) is 3.67. The lowest BCUT2D eigenvalue weighted by Gasteiger charge is -2.32. The minimum absolute atomic E-state index is 0.342. The molecule has 0 saturated carbocycles. The van der Waals surface area contributed by atoms with E-state index < -0.39 is 0 Å². The lowest BCUT2D eigenvalue weighted by molar-refractivity contribution is 0.693. The summed E-state index contributed by atoms with van der Waals surface area (Å²) in [7, 11) is 0. The van der Waals surface area contributed by atoms with Gasteiger partial charge in [-0.15, -0.1) is 0 Å². The highest BCUT2D eigenvalue weighted by Crippen LogP contribution is 2.35. The summed E-state index contributed by atoms with van der Waals surface area (Å²) in [5, 5.41) is 4.95. The maximum absolute atomic E-state index is 6.04. The fourth-order valence-electron chi connectivity index (χ4n) is 3.26. The molecule has 5 nitrogen and oxygen atoms in total. The third-order valence-corrected chi connectivity index (χ3v) is 6.15. The quantitative estimate of drug-likeness (QED) is 0.278. The van der Waals surface area contributed by atoms with Crippen molar-refractivity contribution in [1.82, 2.24) is 15.0 Å². The SMILES string of the molecule is C[C@](I)(Nc1ncnc2c1CN(c1ccc(Cl)cn1)CC2)c1ccc(Cl)cc1. The van der Waals surface area contributed by atoms with Gasteiger partial charge in [0.25, 0.3) is 0 Å². The van der Waals surface area contributed by atoms with Crippen LogP contribution in [0.4, 0.5) is 11.6 Å². The van der Waals surface area contributed by atoms with Crippen molar-refractivity contribution in [2.24, 2.45) is 0 Å². The van der Waals surface area contributed by atoms with Gasteiger partial charge in [0.15, 0.2) is 0 Å². The van der Waals surface area contributed by atoms with Crippen LogP contribution in [0.2, 0.25) is 10.0 Å². The predicted molar refractivity (Wildman–Crippen MR) is 122 cm³/mol. The van der Waals surface area contributed by atoms with E-state index in [1.807, 2.05) is 36.4 Å². The van der Waals surface area contributed by atoms with E-state index in [0.29, 0.717) is 11.6 Å². The minimum atomic E-state index is -0.342. The summed E-state index contributed by atoms with van der Waals surface area (Å²) in [6, 6.07) is 11.7. The van der Waals surface area contributed by atoms with Crippen molar-refractivity contribution in [3.05, 3.63) is 75.8 Å². The summed E-state index contributed by atoms with van der Waals surface area (Å²) >= 11 is 14.4. The van der Waals surface area contributed by atoms with Crippen LogP contribution in [0.5, 0.6) is 0 Å². The van der Waals surface area contributed by atoms with E-state index in [1.165, 1.54) is 0 Å². The summed E-state index contributed by atoms with van der Waals surface area (Å²) in [4.78, 5) is 15.7. The van der Waals surface area contributed by atoms with Crippen molar-refractivity contribution in [3.8, 4) is 0 Å². The third-order valence-electron chi connectivity index (χ3n) is 4.78. The Bertz CT molecular complexity index is 977. The molecule has 4 rings (SSSR count). The highest BCUT2D eigenvalue weighted by molar-refractivity contribution is 14.1. The Balaban J connectivity index is 1.62. The Labute approximate surface area is 187 Å². The van der Waals surface area contributed by atoms with Gasteiger partial charge in [0, 0.05) is 36.3 Å². The molecule has 0 saturated heterocycles. The number of benzene rings is 1. The van der Waals surface area contributed by atoms with E-state index in [-0.39, 0.29) is 3.55 Å². The Morgan fingerprint density at radius 1 is 1.04 bits per heavy atom. The minimum Gasteiger partial charge on any atom is -0.352 e. The molecule has 1 aromatic carbocycles. The van der Waals surface area contributed by atoms with Crippen LogP contribution < -0.4 is 10.2 Å². The zero-order chi connectivity index (χ0) is 19.7. The molecule has 0 unspecified atom stereocenters. The number of hydrogen-bond acceptors (Lipinski definition) is 5. The number of fused-ring (bicyclic) bond motifs is 1. The van der Waals surface area contributed by atoms with Gasteiger partial charge in [-0.1, -0.05) is 35.3 Å². The number of anilines is 2. The highest BCUT2D eigenvalue weighted by atomic mass is 127. The molecule has 1 aliphatic heterocycles. The van der Waals surface area contributed by atoms with Gasteiger partial charge < -0.3 is 10.2 Å². The average Bonchev–Trinajstić information content (AvgIpc) is 2.69. The van der Waals surface area contributed by atoms with Crippen LogP contribution in [0.3, 0.4) is 0 Å². The molecule has 3 aromatic rings. The molecule has 1 atom stereocenters. The Morgan fingerprint density at radius 2 is 1.79 bits per heavy atom. The van der Waals surface area contributed by atoms with Crippen LogP contribution in [-0.2, 0) is 16.5 Å². The largest absolute Gasteiger partial charge is 0.352 e. The van der Waals surface area contributed by atoms with Gasteiger partial charge >= 0.3 is 0 Å². The van der Waals surface area contributed by atoms with Crippen LogP contribution in [0.1, 0.15) is 23.7 Å². The maximum atomic E-state index is 6.04. The number of pyridine rings is 1. The molecule has 2 aromatic heterocycles. The predicted octanol–water partition coefficient (Wildman–Crippen LogP) is 5.46. The van der Waals surface area contributed by atoms with Crippen LogP contribution in [-0.4, -0.2) is 21.5 Å². The van der Waals surface area contributed by atoms with Gasteiger partial charge in [-0.05, 0) is 59.3 Å². The third kappa shape index (κ3) is 4.18. The van der Waals surface area contributed by atoms with E-state index in [1.54, 1.807) is 12.5 Å². The Kier molecular flexibility index (Phi) is 5.62. The van der Waals surface area contributed by atoms with E-state index in [4.69, 9.17) is 23.2 Å². The molecule has 0 spiro atoms. The van der Waals surface area contributed by atoms with Crippen molar-refractivity contribution in [2.45, 2.75) is 23.4 Å². The molecule has 144 valence electrons. The van der Waals surface area contributed by atoms with E-state index in [9.17, 15) is 0 Å². The second kappa shape index (κ2) is 8.00. The van der Waals surface area contributed by atoms with Gasteiger partial charge in [0.2, 0.25) is 0 Å². The molecule has 3 heterocycles. The lowest BCUT2D eigenvalue weighted by atomic mass is 10.0. The standard InChI is InChI=1S/C20H18Cl2IN5/c1-20(23,13-2-4-14(21)5-3-13)27-19-16-11-28(9-8-17(16)25-12-26-19)18-7-6-15(22)10-24-18/h2-7,10,12H,8-9,11H2,1H3,(H,25,26,27)/t20-/m0/s1. The number of rotatable bonds is 4. The topological polar surface area (TPSA) is 53.9 Å². The first kappa shape index (κ1) is 19.7. The summed E-state index contributed by atoms with van der Waals surface area (Å²) in [5.41, 5.74) is 3.30. The van der Waals surface area contributed by atoms with Crippen LogP contribution in [0.25, 0.3) is 0 Å². The lowest BCUT2D eigenvalue weighted by Crippen LogP contribution is -2.34. The van der Waals surface area contributed by atoms with Gasteiger partial charge in [-0.2, -0.15) is 0 Å². The molecular formula is C20H18Cl2IN5. The normalized spacial score (nSPS) is 15.6. The first-order chi connectivity index (χ1) is 13.4. The zero-order valence-electron chi connectivity index (χ0n) is 15.2. The van der Waals surface area contributed by atoms with Crippen LogP contribution in [0.15, 0.2) is 48.9 Å². The molecule has 0 aliphatic carbocycles. The fraction of sp³-hybridized carbons (Fsp3) is 0.250. The van der Waals surface area contributed by atoms with Crippen molar-refractivity contribution in [2.75, 3.05) is 16.8 Å². The van der Waals surface area contributed by atoms with Gasteiger partial charge in [0.05, 0.1) is 10.7 Å². The molecule has 0 fully saturated rings. The summed E-state index contributed by atoms with van der Waals surface area (Å²) in [6.07, 6.45) is 4.15. The molecule has 0 bridgehead atoms. The molecule has 0 amide bonds. The Morgan fingerprint density at radius 3 is 2.50 bits per heavy atom. The monoisotopic (exact) mass is 525 g/mol. The second-order valence-electron chi connectivity index (χ2n) is 6.79. The number of aromatic nitrogens is 3. The highest BCUT2D eigenvalue weighted by Gasteiger charge is 2.27. The molecule has 0 radical (unpaired) electrons. The number of alkyl halides is 1. The summed E-state index contributed by atoms with van der Waals surface area (Å²) in [5.74, 6) is 1.75. The number of nitrogens with zero attached hydrogens (tertiary/aromatic N) is 4. The summed E-state index contributed by atoms with van der Waals surface area (Å²) < 4.78 is -0.342. The molecular weight excluding hydrogens is 508 g/mol. The fourth-order valence-corrected chi connectivity index (χ4v) is 4.11. The number of halogens is 3. The molecule has 1 aliphatic rings. The van der Waals surface area contributed by atoms with E-state index in [0.717, 1.165) is 46.4 Å². The maximum Gasteiger partial charge on any atom is 0.135 e. The number of nitrogens with one attached hydrogen (secondary N) is 1. The zero-order valence-corrected chi connectivity index (χ0v) is 18.8. The molecule has 1 N–H and O–H groups in total. The van der Waals surface area contributed by atoms with Crippen molar-refractivity contribution in [3.63, 3.8) is 0 Å². The van der Waals surface area contributed by atoms with E-state index in [2.05, 4.69) is 54.7 Å².